The van der Waals surface area contributed by atoms with Gasteiger partial charge in [0, 0.05) is 24.4 Å². The first-order valence-electron chi connectivity index (χ1n) is 7.82. The zero-order chi connectivity index (χ0) is 18.1. The Bertz CT molecular complexity index is 1010. The summed E-state index contributed by atoms with van der Waals surface area (Å²) in [6.07, 6.45) is 0. The monoisotopic (exact) mass is 337 g/mol. The molecule has 6 heteroatoms. The number of aliphatic imine (C=N–C) groups is 1. The van der Waals surface area contributed by atoms with Crippen LogP contribution in [0.2, 0.25) is 0 Å². The van der Waals surface area contributed by atoms with Crippen LogP contribution in [0.1, 0.15) is 18.2 Å². The van der Waals surface area contributed by atoms with Crippen molar-refractivity contribution in [1.29, 1.82) is 0 Å². The fraction of sp³-hybridized carbons (Fsp3) is 0.158. The maximum absolute atomic E-state index is 12.8. The molecule has 6 nitrogen and oxygen atoms in total. The topological polar surface area (TPSA) is 79.8 Å². The molecule has 1 heterocycles. The predicted octanol–water partition coefficient (Wildman–Crippen LogP) is 3.04. The summed E-state index contributed by atoms with van der Waals surface area (Å²) in [5, 5.41) is 19.4. The molecule has 2 N–H and O–H groups in total. The molecule has 0 amide bonds. The minimum Gasteiger partial charge on any atom is -0.508 e. The van der Waals surface area contributed by atoms with Crippen LogP contribution in [-0.2, 0) is 7.05 Å². The highest BCUT2D eigenvalue weighted by Gasteiger charge is 2.16. The van der Waals surface area contributed by atoms with Gasteiger partial charge in [0.1, 0.15) is 11.5 Å². The van der Waals surface area contributed by atoms with Crippen LogP contribution in [0.25, 0.3) is 5.69 Å². The van der Waals surface area contributed by atoms with E-state index < -0.39 is 0 Å². The number of nitrogens with zero attached hydrogens (tertiary/aromatic N) is 3. The van der Waals surface area contributed by atoms with Crippen molar-refractivity contribution in [2.24, 2.45) is 12.0 Å². The summed E-state index contributed by atoms with van der Waals surface area (Å²) in [5.41, 5.74) is 2.51. The molecule has 3 aromatic rings. The van der Waals surface area contributed by atoms with Crippen molar-refractivity contribution in [3.05, 3.63) is 70.1 Å². The molecule has 2 aromatic carbocycles. The molecular formula is C19H19N3O3. The molecule has 0 bridgehead atoms. The quantitative estimate of drug-likeness (QED) is 0.721. The molecule has 1 aromatic heterocycles. The standard InChI is InChI=1S/C19H19N3O3/c1-12(16-10-9-15(23)11-17(16)24)20-18-13(2)21(3)22(19(18)25)14-7-5-4-6-8-14/h4-11,23-24H,1-3H3. The van der Waals surface area contributed by atoms with Gasteiger partial charge in [-0.2, -0.15) is 0 Å². The fourth-order valence-electron chi connectivity index (χ4n) is 2.74. The summed E-state index contributed by atoms with van der Waals surface area (Å²) in [4.78, 5) is 17.3. The summed E-state index contributed by atoms with van der Waals surface area (Å²) in [6.45, 7) is 3.54. The van der Waals surface area contributed by atoms with Crippen LogP contribution in [0.5, 0.6) is 11.5 Å². The van der Waals surface area contributed by atoms with Crippen molar-refractivity contribution in [3.8, 4) is 17.2 Å². The Balaban J connectivity index is 2.14. The normalized spacial score (nSPS) is 11.7. The van der Waals surface area contributed by atoms with Gasteiger partial charge in [0.05, 0.1) is 11.4 Å². The van der Waals surface area contributed by atoms with Crippen LogP contribution >= 0.6 is 0 Å². The van der Waals surface area contributed by atoms with E-state index >= 15 is 0 Å². The van der Waals surface area contributed by atoms with Gasteiger partial charge in [0.15, 0.2) is 5.69 Å². The number of aromatic hydroxyl groups is 2. The molecule has 3 rings (SSSR count). The van der Waals surface area contributed by atoms with Gasteiger partial charge < -0.3 is 10.2 Å². The molecule has 0 aliphatic heterocycles. The minimum atomic E-state index is -0.233. The highest BCUT2D eigenvalue weighted by Crippen LogP contribution is 2.25. The molecule has 0 radical (unpaired) electrons. The first-order valence-corrected chi connectivity index (χ1v) is 7.82. The van der Waals surface area contributed by atoms with E-state index in [1.165, 1.54) is 12.1 Å². The van der Waals surface area contributed by atoms with Crippen molar-refractivity contribution in [2.45, 2.75) is 13.8 Å². The van der Waals surface area contributed by atoms with Crippen molar-refractivity contribution in [2.75, 3.05) is 0 Å². The lowest BCUT2D eigenvalue weighted by Crippen LogP contribution is -2.19. The van der Waals surface area contributed by atoms with Crippen LogP contribution in [0, 0.1) is 6.92 Å². The van der Waals surface area contributed by atoms with Gasteiger partial charge in [0.2, 0.25) is 0 Å². The van der Waals surface area contributed by atoms with Crippen molar-refractivity contribution in [1.82, 2.24) is 9.36 Å². The minimum absolute atomic E-state index is 0.0311. The van der Waals surface area contributed by atoms with Crippen molar-refractivity contribution >= 4 is 11.4 Å². The summed E-state index contributed by atoms with van der Waals surface area (Å²) >= 11 is 0. The lowest BCUT2D eigenvalue weighted by atomic mass is 10.1. The molecule has 25 heavy (non-hydrogen) atoms. The van der Waals surface area contributed by atoms with Crippen molar-refractivity contribution < 1.29 is 10.2 Å². The third-order valence-corrected chi connectivity index (χ3v) is 4.17. The van der Waals surface area contributed by atoms with E-state index in [1.807, 2.05) is 37.3 Å². The predicted molar refractivity (Wildman–Crippen MR) is 97.4 cm³/mol. The van der Waals surface area contributed by atoms with Crippen LogP contribution in [0.4, 0.5) is 5.69 Å². The van der Waals surface area contributed by atoms with E-state index in [0.29, 0.717) is 22.7 Å². The molecular weight excluding hydrogens is 318 g/mol. The number of benzene rings is 2. The Labute approximate surface area is 144 Å². The summed E-state index contributed by atoms with van der Waals surface area (Å²) in [6, 6.07) is 13.6. The second-order valence-electron chi connectivity index (χ2n) is 5.81. The third kappa shape index (κ3) is 2.94. The van der Waals surface area contributed by atoms with E-state index in [1.54, 1.807) is 29.4 Å². The Morgan fingerprint density at radius 1 is 1.08 bits per heavy atom. The van der Waals surface area contributed by atoms with Gasteiger partial charge in [-0.05, 0) is 38.1 Å². The zero-order valence-corrected chi connectivity index (χ0v) is 14.3. The van der Waals surface area contributed by atoms with Gasteiger partial charge in [-0.3, -0.25) is 9.48 Å². The van der Waals surface area contributed by atoms with Gasteiger partial charge >= 0.3 is 0 Å². The maximum atomic E-state index is 12.8. The number of hydrogen-bond acceptors (Lipinski definition) is 4. The Kier molecular flexibility index (Phi) is 4.19. The summed E-state index contributed by atoms with van der Waals surface area (Å²) < 4.78 is 3.30. The molecule has 0 saturated carbocycles. The Morgan fingerprint density at radius 3 is 2.40 bits per heavy atom. The van der Waals surface area contributed by atoms with E-state index in [2.05, 4.69) is 4.99 Å². The smallest absolute Gasteiger partial charge is 0.297 e. The van der Waals surface area contributed by atoms with E-state index in [4.69, 9.17) is 0 Å². The number of phenols is 2. The molecule has 0 aliphatic carbocycles. The first-order chi connectivity index (χ1) is 11.9. The number of aromatic nitrogens is 2. The molecule has 0 saturated heterocycles. The molecule has 0 fully saturated rings. The maximum Gasteiger partial charge on any atom is 0.297 e. The zero-order valence-electron chi connectivity index (χ0n) is 14.3. The first kappa shape index (κ1) is 16.6. The lowest BCUT2D eigenvalue weighted by molar-refractivity contribution is 0.450. The highest BCUT2D eigenvalue weighted by molar-refractivity contribution is 6.02. The highest BCUT2D eigenvalue weighted by atomic mass is 16.3. The van der Waals surface area contributed by atoms with Crippen LogP contribution in [0.15, 0.2) is 58.3 Å². The number of phenolic OH excluding ortho intramolecular Hbond substituents is 2. The Hall–Kier alpha value is -3.28. The molecule has 0 aliphatic rings. The van der Waals surface area contributed by atoms with Crippen molar-refractivity contribution in [3.63, 3.8) is 0 Å². The second-order valence-corrected chi connectivity index (χ2v) is 5.81. The summed E-state index contributed by atoms with van der Waals surface area (Å²) in [7, 11) is 1.80. The van der Waals surface area contributed by atoms with Gasteiger partial charge in [0.25, 0.3) is 5.56 Å². The SMILES string of the molecule is CC(=Nc1c(C)n(C)n(-c2ccccc2)c1=O)c1ccc(O)cc1O. The number of hydrogen-bond donors (Lipinski definition) is 2. The molecule has 0 unspecified atom stereocenters. The van der Waals surface area contributed by atoms with E-state index in [0.717, 1.165) is 5.69 Å². The van der Waals surface area contributed by atoms with Crippen LogP contribution in [0.3, 0.4) is 0 Å². The van der Waals surface area contributed by atoms with E-state index in [9.17, 15) is 15.0 Å². The molecule has 0 atom stereocenters. The average Bonchev–Trinajstić information content (AvgIpc) is 2.79. The van der Waals surface area contributed by atoms with Gasteiger partial charge in [-0.15, -0.1) is 0 Å². The van der Waals surface area contributed by atoms with E-state index in [-0.39, 0.29) is 17.1 Å². The molecule has 128 valence electrons. The molecule has 0 spiro atoms. The summed E-state index contributed by atoms with van der Waals surface area (Å²) in [5.74, 6) is -0.116. The van der Waals surface area contributed by atoms with Gasteiger partial charge in [-0.1, -0.05) is 18.2 Å². The average molecular weight is 337 g/mol. The second kappa shape index (κ2) is 6.32. The third-order valence-electron chi connectivity index (χ3n) is 4.17. The number of para-hydroxylation sites is 1. The fourth-order valence-corrected chi connectivity index (χ4v) is 2.74. The lowest BCUT2D eigenvalue weighted by Gasteiger charge is -2.07. The van der Waals surface area contributed by atoms with Crippen LogP contribution < -0.4 is 5.56 Å². The van der Waals surface area contributed by atoms with Gasteiger partial charge in [-0.25, -0.2) is 9.67 Å². The largest absolute Gasteiger partial charge is 0.508 e. The van der Waals surface area contributed by atoms with Crippen LogP contribution in [-0.4, -0.2) is 25.3 Å². The Morgan fingerprint density at radius 2 is 1.76 bits per heavy atom. The number of rotatable bonds is 3.